The van der Waals surface area contributed by atoms with Crippen LogP contribution in [0.4, 0.5) is 0 Å². The van der Waals surface area contributed by atoms with Gasteiger partial charge in [-0.1, -0.05) is 24.6 Å². The van der Waals surface area contributed by atoms with E-state index in [9.17, 15) is 4.79 Å². The van der Waals surface area contributed by atoms with Crippen LogP contribution in [-0.2, 0) is 0 Å². The van der Waals surface area contributed by atoms with Crippen molar-refractivity contribution in [3.05, 3.63) is 35.4 Å². The lowest BCUT2D eigenvalue weighted by atomic mass is 9.79. The Balaban J connectivity index is 1.39. The zero-order valence-electron chi connectivity index (χ0n) is 11.9. The number of carbonyl (C=O) groups excluding carboxylic acids is 1. The Bertz CT molecular complexity index is 555. The molecule has 1 heteroatoms. The molecule has 1 nitrogen and oxygen atoms in total. The summed E-state index contributed by atoms with van der Waals surface area (Å²) in [6.45, 7) is 0. The molecule has 4 atom stereocenters. The Labute approximate surface area is 120 Å². The van der Waals surface area contributed by atoms with Gasteiger partial charge in [-0.25, -0.2) is 0 Å². The van der Waals surface area contributed by atoms with Crippen LogP contribution in [0.25, 0.3) is 0 Å². The highest BCUT2D eigenvalue weighted by atomic mass is 16.1. The highest BCUT2D eigenvalue weighted by Crippen LogP contribution is 2.69. The van der Waals surface area contributed by atoms with Gasteiger partial charge >= 0.3 is 0 Å². The van der Waals surface area contributed by atoms with Crippen molar-refractivity contribution in [2.75, 3.05) is 0 Å². The molecule has 104 valence electrons. The Morgan fingerprint density at radius 2 is 1.75 bits per heavy atom. The molecule has 0 spiro atoms. The zero-order valence-corrected chi connectivity index (χ0v) is 11.9. The quantitative estimate of drug-likeness (QED) is 0.740. The molecular formula is C19H22O. The molecule has 1 aromatic carbocycles. The van der Waals surface area contributed by atoms with Gasteiger partial charge in [-0.15, -0.1) is 0 Å². The second-order valence-electron chi connectivity index (χ2n) is 7.63. The smallest absolute Gasteiger partial charge is 0.166 e. The summed E-state index contributed by atoms with van der Waals surface area (Å²) in [6, 6.07) is 8.59. The Morgan fingerprint density at radius 1 is 1.00 bits per heavy atom. The standard InChI is InChI=1S/C19H22O/c20-19(18-16-13-7-8-14(10-13)17(16)18)15-6-2-5-12(9-15)11-3-1-4-11/h2,5-6,9,11,13-14,16-18H,1,3-4,7-8,10H2. The third kappa shape index (κ3) is 1.47. The average molecular weight is 266 g/mol. The first-order valence-corrected chi connectivity index (χ1v) is 8.47. The monoisotopic (exact) mass is 266 g/mol. The van der Waals surface area contributed by atoms with Gasteiger partial charge in [0.15, 0.2) is 5.78 Å². The summed E-state index contributed by atoms with van der Waals surface area (Å²) in [7, 11) is 0. The van der Waals surface area contributed by atoms with Gasteiger partial charge in [-0.2, -0.15) is 0 Å². The van der Waals surface area contributed by atoms with Gasteiger partial charge in [0.05, 0.1) is 0 Å². The van der Waals surface area contributed by atoms with Crippen LogP contribution in [0.5, 0.6) is 0 Å². The van der Waals surface area contributed by atoms with Crippen LogP contribution in [0.3, 0.4) is 0 Å². The minimum absolute atomic E-state index is 0.401. The van der Waals surface area contributed by atoms with E-state index in [1.165, 1.54) is 44.1 Å². The molecule has 4 unspecified atom stereocenters. The maximum atomic E-state index is 12.8. The molecule has 0 saturated heterocycles. The van der Waals surface area contributed by atoms with Gasteiger partial charge in [-0.3, -0.25) is 4.79 Å². The maximum Gasteiger partial charge on any atom is 0.166 e. The average Bonchev–Trinajstić information content (AvgIpc) is 2.84. The van der Waals surface area contributed by atoms with Crippen molar-refractivity contribution in [1.29, 1.82) is 0 Å². The summed E-state index contributed by atoms with van der Waals surface area (Å²) in [6.07, 6.45) is 8.22. The van der Waals surface area contributed by atoms with Crippen LogP contribution in [0.15, 0.2) is 24.3 Å². The number of hydrogen-bond donors (Lipinski definition) is 0. The molecule has 2 bridgehead atoms. The van der Waals surface area contributed by atoms with Crippen LogP contribution < -0.4 is 0 Å². The van der Waals surface area contributed by atoms with Crippen molar-refractivity contribution in [3.8, 4) is 0 Å². The van der Waals surface area contributed by atoms with Crippen LogP contribution in [0.1, 0.15) is 60.4 Å². The van der Waals surface area contributed by atoms with Crippen LogP contribution in [-0.4, -0.2) is 5.78 Å². The molecule has 1 aromatic rings. The third-order valence-corrected chi connectivity index (χ3v) is 6.79. The maximum absolute atomic E-state index is 12.8. The molecule has 4 saturated carbocycles. The van der Waals surface area contributed by atoms with Crippen molar-refractivity contribution in [2.24, 2.45) is 29.6 Å². The van der Waals surface area contributed by atoms with Gasteiger partial charge in [0, 0.05) is 11.5 Å². The lowest BCUT2D eigenvalue weighted by Crippen LogP contribution is -2.12. The van der Waals surface area contributed by atoms with Gasteiger partial charge in [0.25, 0.3) is 0 Å². The molecule has 0 aromatic heterocycles. The fourth-order valence-electron chi connectivity index (χ4n) is 5.56. The zero-order chi connectivity index (χ0) is 13.3. The largest absolute Gasteiger partial charge is 0.294 e. The first-order valence-electron chi connectivity index (χ1n) is 8.47. The summed E-state index contributed by atoms with van der Waals surface area (Å²) in [5, 5.41) is 0. The molecule has 0 aliphatic heterocycles. The Morgan fingerprint density at radius 3 is 2.40 bits per heavy atom. The number of Topliss-reactive ketones (excluding diaryl/α,β-unsaturated/α-hetero) is 1. The van der Waals surface area contributed by atoms with E-state index < -0.39 is 0 Å². The first-order chi connectivity index (χ1) is 9.83. The van der Waals surface area contributed by atoms with E-state index in [4.69, 9.17) is 0 Å². The fraction of sp³-hybridized carbons (Fsp3) is 0.632. The lowest BCUT2D eigenvalue weighted by molar-refractivity contribution is 0.0944. The number of rotatable bonds is 3. The van der Waals surface area contributed by atoms with E-state index in [0.29, 0.717) is 11.7 Å². The fourth-order valence-corrected chi connectivity index (χ4v) is 5.56. The van der Waals surface area contributed by atoms with Gasteiger partial charge in [0.2, 0.25) is 0 Å². The number of carbonyl (C=O) groups is 1. The predicted molar refractivity (Wildman–Crippen MR) is 78.7 cm³/mol. The van der Waals surface area contributed by atoms with Crippen molar-refractivity contribution >= 4 is 5.78 Å². The highest BCUT2D eigenvalue weighted by Gasteiger charge is 2.67. The van der Waals surface area contributed by atoms with Crippen molar-refractivity contribution in [3.63, 3.8) is 0 Å². The SMILES string of the molecule is O=C(c1cccc(C2CCC2)c1)C1C2C3CCC(C3)C12. The van der Waals surface area contributed by atoms with Crippen LogP contribution >= 0.6 is 0 Å². The molecule has 20 heavy (non-hydrogen) atoms. The molecular weight excluding hydrogens is 244 g/mol. The highest BCUT2D eigenvalue weighted by molar-refractivity contribution is 6.00. The molecule has 0 N–H and O–H groups in total. The molecule has 0 heterocycles. The third-order valence-electron chi connectivity index (χ3n) is 6.79. The summed E-state index contributed by atoms with van der Waals surface area (Å²) >= 11 is 0. The van der Waals surface area contributed by atoms with E-state index in [-0.39, 0.29) is 0 Å². The minimum Gasteiger partial charge on any atom is -0.294 e. The van der Waals surface area contributed by atoms with E-state index >= 15 is 0 Å². The van der Waals surface area contributed by atoms with E-state index in [0.717, 1.165) is 35.2 Å². The normalized spacial score (nSPS) is 41.3. The summed E-state index contributed by atoms with van der Waals surface area (Å²) < 4.78 is 0. The second kappa shape index (κ2) is 3.96. The number of fused-ring (bicyclic) bond motifs is 5. The molecule has 5 rings (SSSR count). The van der Waals surface area contributed by atoms with Gasteiger partial charge in [0.1, 0.15) is 0 Å². The Kier molecular flexibility index (Phi) is 2.29. The summed E-state index contributed by atoms with van der Waals surface area (Å²) in [5.74, 6) is 4.94. The van der Waals surface area contributed by atoms with E-state index in [1.54, 1.807) is 0 Å². The number of ketones is 1. The van der Waals surface area contributed by atoms with Crippen LogP contribution in [0, 0.1) is 29.6 Å². The number of benzene rings is 1. The van der Waals surface area contributed by atoms with Crippen LogP contribution in [0.2, 0.25) is 0 Å². The van der Waals surface area contributed by atoms with Gasteiger partial charge in [-0.05, 0) is 73.3 Å². The molecule has 0 radical (unpaired) electrons. The first kappa shape index (κ1) is 11.5. The summed E-state index contributed by atoms with van der Waals surface area (Å²) in [4.78, 5) is 12.8. The molecule has 4 fully saturated rings. The second-order valence-corrected chi connectivity index (χ2v) is 7.63. The van der Waals surface area contributed by atoms with Crippen molar-refractivity contribution in [2.45, 2.75) is 44.4 Å². The van der Waals surface area contributed by atoms with Crippen molar-refractivity contribution < 1.29 is 4.79 Å². The topological polar surface area (TPSA) is 17.1 Å². The molecule has 0 amide bonds. The number of hydrogen-bond acceptors (Lipinski definition) is 1. The molecule has 4 aliphatic rings. The Hall–Kier alpha value is -1.11. The minimum atomic E-state index is 0.401. The van der Waals surface area contributed by atoms with Crippen molar-refractivity contribution in [1.82, 2.24) is 0 Å². The van der Waals surface area contributed by atoms with Gasteiger partial charge < -0.3 is 0 Å². The predicted octanol–water partition coefficient (Wildman–Crippen LogP) is 4.43. The van der Waals surface area contributed by atoms with E-state index in [2.05, 4.69) is 24.3 Å². The molecule has 4 aliphatic carbocycles. The lowest BCUT2D eigenvalue weighted by Gasteiger charge is -2.26. The summed E-state index contributed by atoms with van der Waals surface area (Å²) in [5.41, 5.74) is 2.42. The van der Waals surface area contributed by atoms with E-state index in [1.807, 2.05) is 0 Å².